The molecule has 7 rings (SSSR count). The maximum atomic E-state index is 9.94. The largest absolute Gasteiger partial charge is 0.392 e. The molecule has 40 heavy (non-hydrogen) atoms. The highest BCUT2D eigenvalue weighted by Gasteiger charge is 2.30. The molecule has 3 N–H and O–H groups in total. The molecular weight excluding hydrogens is 520 g/mol. The highest BCUT2D eigenvalue weighted by Crippen LogP contribution is 2.42. The van der Waals surface area contributed by atoms with E-state index in [0.29, 0.717) is 22.9 Å². The summed E-state index contributed by atoms with van der Waals surface area (Å²) in [6.45, 7) is 7.12. The first-order valence-corrected chi connectivity index (χ1v) is 15.0. The second-order valence-electron chi connectivity index (χ2n) is 11.9. The molecule has 208 valence electrons. The van der Waals surface area contributed by atoms with Crippen LogP contribution >= 0.6 is 11.6 Å². The first kappa shape index (κ1) is 26.0. The summed E-state index contributed by atoms with van der Waals surface area (Å²) in [5.74, 6) is 1.21. The van der Waals surface area contributed by atoms with E-state index >= 15 is 0 Å². The molecular formula is C32H37ClN6O. The van der Waals surface area contributed by atoms with Crippen molar-refractivity contribution in [1.29, 1.82) is 0 Å². The third-order valence-corrected chi connectivity index (χ3v) is 9.11. The maximum absolute atomic E-state index is 9.94. The van der Waals surface area contributed by atoms with Crippen LogP contribution in [0.4, 0.5) is 11.6 Å². The van der Waals surface area contributed by atoms with Gasteiger partial charge in [-0.05, 0) is 92.9 Å². The number of nitrogens with zero attached hydrogens (tertiary/aromatic N) is 4. The van der Waals surface area contributed by atoms with Gasteiger partial charge in [0.05, 0.1) is 23.0 Å². The third-order valence-electron chi connectivity index (χ3n) is 8.83. The van der Waals surface area contributed by atoms with E-state index in [0.717, 1.165) is 67.0 Å². The van der Waals surface area contributed by atoms with Gasteiger partial charge in [-0.2, -0.15) is 0 Å². The Morgan fingerprint density at radius 2 is 1.90 bits per heavy atom. The molecule has 3 fully saturated rings. The van der Waals surface area contributed by atoms with Crippen LogP contribution in [-0.4, -0.2) is 68.2 Å². The van der Waals surface area contributed by atoms with Crippen molar-refractivity contribution in [2.75, 3.05) is 31.5 Å². The highest BCUT2D eigenvalue weighted by atomic mass is 35.5. The Hall–Kier alpha value is -2.97. The van der Waals surface area contributed by atoms with Gasteiger partial charge in [0.2, 0.25) is 5.95 Å². The lowest BCUT2D eigenvalue weighted by molar-refractivity contribution is 0.106. The fraction of sp³-hybridized carbons (Fsp3) is 0.438. The van der Waals surface area contributed by atoms with Crippen molar-refractivity contribution in [1.82, 2.24) is 24.8 Å². The first-order chi connectivity index (χ1) is 19.5. The number of aliphatic hydroxyl groups excluding tert-OH is 1. The number of likely N-dealkylation sites (tertiary alicyclic amines) is 2. The number of aromatic amines is 1. The lowest BCUT2D eigenvalue weighted by Gasteiger charge is -2.36. The number of aliphatic hydroxyl groups is 1. The molecule has 0 bridgehead atoms. The summed E-state index contributed by atoms with van der Waals surface area (Å²) < 4.78 is 0. The van der Waals surface area contributed by atoms with Crippen molar-refractivity contribution >= 4 is 34.1 Å². The fourth-order valence-corrected chi connectivity index (χ4v) is 6.71. The van der Waals surface area contributed by atoms with Crippen LogP contribution in [0.2, 0.25) is 5.02 Å². The minimum absolute atomic E-state index is 0.138. The Morgan fingerprint density at radius 1 is 1.05 bits per heavy atom. The number of aromatic nitrogens is 3. The topological polar surface area (TPSA) is 80.3 Å². The maximum Gasteiger partial charge on any atom is 0.227 e. The van der Waals surface area contributed by atoms with Crippen LogP contribution in [-0.2, 0) is 6.54 Å². The standard InChI is InChI=1S/C32H37ClN6O/c1-20-2-5-27-28(16-34-30(27)12-20)31-29(33)17-35-32(37-31)36-24-14-21(13-23(15-24)22-3-4-22)18-38-9-6-25(7-10-38)39-11-8-26(40)19-39/h2,5,12-17,22,25-26,34,40H,3-4,6-11,18-19H2,1H3,(H,35,36,37). The Morgan fingerprint density at radius 3 is 2.67 bits per heavy atom. The van der Waals surface area contributed by atoms with Crippen LogP contribution in [0.15, 0.2) is 48.8 Å². The number of aryl methyl sites for hydroxylation is 1. The van der Waals surface area contributed by atoms with Crippen molar-refractivity contribution in [3.63, 3.8) is 0 Å². The Bertz CT molecular complexity index is 1520. The summed E-state index contributed by atoms with van der Waals surface area (Å²) >= 11 is 6.60. The average molecular weight is 557 g/mol. The van der Waals surface area contributed by atoms with Crippen molar-refractivity contribution in [2.45, 2.75) is 63.6 Å². The Labute approximate surface area is 240 Å². The molecule has 0 amide bonds. The summed E-state index contributed by atoms with van der Waals surface area (Å²) in [6, 6.07) is 13.9. The van der Waals surface area contributed by atoms with E-state index in [4.69, 9.17) is 16.6 Å². The second-order valence-corrected chi connectivity index (χ2v) is 12.4. The van der Waals surface area contributed by atoms with Crippen molar-refractivity contribution in [3.05, 3.63) is 70.5 Å². The Kier molecular flexibility index (Phi) is 7.00. The predicted molar refractivity (Wildman–Crippen MR) is 161 cm³/mol. The zero-order valence-electron chi connectivity index (χ0n) is 23.0. The summed E-state index contributed by atoms with van der Waals surface area (Å²) in [5, 5.41) is 15.1. The van der Waals surface area contributed by atoms with Crippen LogP contribution in [0, 0.1) is 6.92 Å². The van der Waals surface area contributed by atoms with Crippen molar-refractivity contribution in [3.8, 4) is 11.3 Å². The van der Waals surface area contributed by atoms with Crippen LogP contribution in [0.3, 0.4) is 0 Å². The van der Waals surface area contributed by atoms with Crippen molar-refractivity contribution in [2.24, 2.45) is 0 Å². The van der Waals surface area contributed by atoms with Crippen LogP contribution in [0.1, 0.15) is 54.7 Å². The molecule has 7 nitrogen and oxygen atoms in total. The molecule has 0 radical (unpaired) electrons. The zero-order valence-corrected chi connectivity index (χ0v) is 23.8. The van der Waals surface area contributed by atoms with Gasteiger partial charge < -0.3 is 15.4 Å². The van der Waals surface area contributed by atoms with E-state index in [2.05, 4.69) is 68.4 Å². The number of fused-ring (bicyclic) bond motifs is 1. The summed E-state index contributed by atoms with van der Waals surface area (Å²) in [5.41, 5.74) is 7.75. The molecule has 2 saturated heterocycles. The van der Waals surface area contributed by atoms with Gasteiger partial charge in [-0.25, -0.2) is 9.97 Å². The van der Waals surface area contributed by atoms with E-state index in [1.807, 2.05) is 6.20 Å². The van der Waals surface area contributed by atoms with Crippen LogP contribution < -0.4 is 5.32 Å². The molecule has 1 atom stereocenters. The normalized spacial score (nSPS) is 20.9. The van der Waals surface area contributed by atoms with Gasteiger partial charge in [0.1, 0.15) is 0 Å². The summed E-state index contributed by atoms with van der Waals surface area (Å²) in [6.07, 6.45) is 9.32. The summed E-state index contributed by atoms with van der Waals surface area (Å²) in [7, 11) is 0. The van der Waals surface area contributed by atoms with Crippen LogP contribution in [0.5, 0.6) is 0 Å². The number of hydrogen-bond acceptors (Lipinski definition) is 6. The van der Waals surface area contributed by atoms with Gasteiger partial charge in [0.15, 0.2) is 0 Å². The monoisotopic (exact) mass is 556 g/mol. The summed E-state index contributed by atoms with van der Waals surface area (Å²) in [4.78, 5) is 17.8. The van der Waals surface area contributed by atoms with E-state index < -0.39 is 0 Å². The number of halogens is 1. The molecule has 4 heterocycles. The minimum atomic E-state index is -0.138. The number of piperidine rings is 1. The zero-order chi connectivity index (χ0) is 27.2. The quantitative estimate of drug-likeness (QED) is 0.250. The van der Waals surface area contributed by atoms with E-state index in [-0.39, 0.29) is 6.10 Å². The van der Waals surface area contributed by atoms with Gasteiger partial charge in [-0.15, -0.1) is 0 Å². The Balaban J connectivity index is 1.09. The smallest absolute Gasteiger partial charge is 0.227 e. The van der Waals surface area contributed by atoms with E-state index in [9.17, 15) is 5.11 Å². The number of H-pyrrole nitrogens is 1. The molecule has 1 saturated carbocycles. The molecule has 4 aromatic rings. The van der Waals surface area contributed by atoms with Gasteiger partial charge in [0, 0.05) is 54.0 Å². The van der Waals surface area contributed by atoms with Gasteiger partial charge in [-0.1, -0.05) is 29.8 Å². The molecule has 1 aliphatic carbocycles. The SMILES string of the molecule is Cc1ccc2c(-c3nc(Nc4cc(CN5CCC(N6CCC(O)C6)CC5)cc(C5CC5)c4)ncc3Cl)c[nH]c2c1. The molecule has 1 unspecified atom stereocenters. The first-order valence-electron chi connectivity index (χ1n) is 14.6. The highest BCUT2D eigenvalue weighted by molar-refractivity contribution is 6.33. The number of β-amino-alcohol motifs (C(OH)–C–C–N with tert-alkyl or cyclic N) is 1. The predicted octanol–water partition coefficient (Wildman–Crippen LogP) is 6.24. The number of hydrogen-bond donors (Lipinski definition) is 3. The minimum Gasteiger partial charge on any atom is -0.392 e. The second kappa shape index (κ2) is 10.8. The van der Waals surface area contributed by atoms with Gasteiger partial charge >= 0.3 is 0 Å². The molecule has 2 aliphatic heterocycles. The number of anilines is 2. The lowest BCUT2D eigenvalue weighted by atomic mass is 10.0. The van der Waals surface area contributed by atoms with Gasteiger partial charge in [0.25, 0.3) is 0 Å². The average Bonchev–Trinajstić information content (AvgIpc) is 3.59. The molecule has 0 spiro atoms. The van der Waals surface area contributed by atoms with Crippen LogP contribution in [0.25, 0.3) is 22.2 Å². The van der Waals surface area contributed by atoms with Crippen molar-refractivity contribution < 1.29 is 5.11 Å². The number of benzene rings is 2. The molecule has 2 aromatic heterocycles. The fourth-order valence-electron chi connectivity index (χ4n) is 6.52. The third kappa shape index (κ3) is 5.48. The van der Waals surface area contributed by atoms with Gasteiger partial charge in [-0.3, -0.25) is 9.80 Å². The van der Waals surface area contributed by atoms with E-state index in [1.54, 1.807) is 6.20 Å². The number of rotatable bonds is 7. The molecule has 8 heteroatoms. The molecule has 2 aromatic carbocycles. The number of nitrogens with one attached hydrogen (secondary N) is 2. The molecule has 3 aliphatic rings. The lowest BCUT2D eigenvalue weighted by Crippen LogP contribution is -2.44. The van der Waals surface area contributed by atoms with E-state index in [1.165, 1.54) is 42.4 Å².